The summed E-state index contributed by atoms with van der Waals surface area (Å²) >= 11 is 0. The second-order valence-electron chi connectivity index (χ2n) is 9.56. The van der Waals surface area contributed by atoms with Crippen molar-refractivity contribution in [3.8, 4) is 0 Å². The molecule has 0 aliphatic carbocycles. The Morgan fingerprint density at radius 2 is 1.68 bits per heavy atom. The Kier molecular flexibility index (Phi) is 7.21. The molecular formula is C25H34FN3O2. The van der Waals surface area contributed by atoms with Gasteiger partial charge in [0, 0.05) is 45.5 Å². The van der Waals surface area contributed by atoms with Gasteiger partial charge >= 0.3 is 6.09 Å². The molecule has 6 heteroatoms. The molecule has 0 radical (unpaired) electrons. The van der Waals surface area contributed by atoms with Gasteiger partial charge in [-0.2, -0.15) is 0 Å². The monoisotopic (exact) mass is 427 g/mol. The van der Waals surface area contributed by atoms with E-state index in [2.05, 4.69) is 54.8 Å². The summed E-state index contributed by atoms with van der Waals surface area (Å²) in [5, 5.41) is 9.54. The van der Waals surface area contributed by atoms with Gasteiger partial charge in [0.1, 0.15) is 5.82 Å². The quantitative estimate of drug-likeness (QED) is 0.725. The van der Waals surface area contributed by atoms with Crippen LogP contribution in [0.3, 0.4) is 0 Å². The van der Waals surface area contributed by atoms with Crippen LogP contribution in [0.25, 0.3) is 0 Å². The van der Waals surface area contributed by atoms with Crippen LogP contribution >= 0.6 is 0 Å². The summed E-state index contributed by atoms with van der Waals surface area (Å²) in [6.07, 6.45) is 0.0897. The molecule has 3 rings (SSSR count). The first-order chi connectivity index (χ1) is 14.6. The highest BCUT2D eigenvalue weighted by Gasteiger charge is 2.37. The highest BCUT2D eigenvalue weighted by Crippen LogP contribution is 2.28. The molecule has 1 heterocycles. The van der Waals surface area contributed by atoms with E-state index in [1.165, 1.54) is 23.3 Å². The van der Waals surface area contributed by atoms with Gasteiger partial charge in [0.15, 0.2) is 0 Å². The summed E-state index contributed by atoms with van der Waals surface area (Å²) in [5.41, 5.74) is 3.41. The number of hydrogen-bond acceptors (Lipinski definition) is 3. The third-order valence-corrected chi connectivity index (χ3v) is 6.14. The average Bonchev–Trinajstić information content (AvgIpc) is 2.72. The lowest BCUT2D eigenvalue weighted by molar-refractivity contribution is 0.0190. The molecular weight excluding hydrogens is 393 g/mol. The molecule has 0 bridgehead atoms. The van der Waals surface area contributed by atoms with Gasteiger partial charge in [-0.15, -0.1) is 0 Å². The first-order valence-electron chi connectivity index (χ1n) is 10.9. The van der Waals surface area contributed by atoms with E-state index in [0.717, 1.165) is 38.3 Å². The molecule has 5 nitrogen and oxygen atoms in total. The predicted octanol–water partition coefficient (Wildman–Crippen LogP) is 4.71. The van der Waals surface area contributed by atoms with E-state index < -0.39 is 6.09 Å². The van der Waals surface area contributed by atoms with Gasteiger partial charge in [0.05, 0.1) is 6.04 Å². The SMILES string of the molecule is CN(CCc1ccc(CN2CCN(C(=O)O)C(C(C)(C)C)C2)cc1)c1ccc(F)cc1. The van der Waals surface area contributed by atoms with E-state index in [1.54, 1.807) is 17.0 Å². The number of halogens is 1. The van der Waals surface area contributed by atoms with E-state index >= 15 is 0 Å². The lowest BCUT2D eigenvalue weighted by Gasteiger charge is -2.46. The summed E-state index contributed by atoms with van der Waals surface area (Å²) in [7, 11) is 2.02. The third-order valence-electron chi connectivity index (χ3n) is 6.14. The van der Waals surface area contributed by atoms with Crippen molar-refractivity contribution in [1.29, 1.82) is 0 Å². The standard InChI is InChI=1S/C25H34FN3O2/c1-25(2,3)23-18-28(15-16-29(23)24(30)31)17-20-7-5-19(6-8-20)13-14-27(4)22-11-9-21(26)10-12-22/h5-12,23H,13-18H2,1-4H3,(H,30,31). The van der Waals surface area contributed by atoms with Crippen molar-refractivity contribution < 1.29 is 14.3 Å². The van der Waals surface area contributed by atoms with Crippen molar-refractivity contribution in [3.63, 3.8) is 0 Å². The fourth-order valence-electron chi connectivity index (χ4n) is 4.14. The molecule has 1 saturated heterocycles. The number of carbonyl (C=O) groups is 1. The first-order valence-corrected chi connectivity index (χ1v) is 10.9. The van der Waals surface area contributed by atoms with Gasteiger partial charge < -0.3 is 14.9 Å². The van der Waals surface area contributed by atoms with Crippen molar-refractivity contribution in [1.82, 2.24) is 9.80 Å². The molecule has 0 aromatic heterocycles. The highest BCUT2D eigenvalue weighted by atomic mass is 19.1. The Balaban J connectivity index is 1.54. The fraction of sp³-hybridized carbons (Fsp3) is 0.480. The number of likely N-dealkylation sites (N-methyl/N-ethyl adjacent to an activating group) is 1. The van der Waals surface area contributed by atoms with Gasteiger partial charge in [0.2, 0.25) is 0 Å². The summed E-state index contributed by atoms with van der Waals surface area (Å²) in [5.74, 6) is -0.217. The second-order valence-corrected chi connectivity index (χ2v) is 9.56. The Labute approximate surface area is 185 Å². The maximum Gasteiger partial charge on any atom is 0.407 e. The summed E-state index contributed by atoms with van der Waals surface area (Å²) in [6.45, 7) is 10.1. The van der Waals surface area contributed by atoms with Crippen LogP contribution < -0.4 is 4.90 Å². The fourth-order valence-corrected chi connectivity index (χ4v) is 4.14. The molecule has 0 spiro atoms. The molecule has 1 atom stereocenters. The summed E-state index contributed by atoms with van der Waals surface area (Å²) in [6, 6.07) is 15.2. The minimum absolute atomic E-state index is 0.0139. The number of benzene rings is 2. The first kappa shape index (κ1) is 23.1. The predicted molar refractivity (Wildman–Crippen MR) is 123 cm³/mol. The van der Waals surface area contributed by atoms with Crippen LogP contribution in [0.1, 0.15) is 31.9 Å². The van der Waals surface area contributed by atoms with Crippen LogP contribution in [0.2, 0.25) is 0 Å². The zero-order valence-electron chi connectivity index (χ0n) is 19.0. The third kappa shape index (κ3) is 6.20. The van der Waals surface area contributed by atoms with E-state index in [-0.39, 0.29) is 17.3 Å². The molecule has 2 aromatic carbocycles. The number of amides is 1. The molecule has 31 heavy (non-hydrogen) atoms. The Morgan fingerprint density at radius 3 is 2.26 bits per heavy atom. The van der Waals surface area contributed by atoms with E-state index in [4.69, 9.17) is 0 Å². The number of rotatable bonds is 6. The molecule has 0 saturated carbocycles. The van der Waals surface area contributed by atoms with E-state index in [1.807, 2.05) is 7.05 Å². The van der Waals surface area contributed by atoms with E-state index in [9.17, 15) is 14.3 Å². The molecule has 1 fully saturated rings. The number of piperazine rings is 1. The summed E-state index contributed by atoms with van der Waals surface area (Å²) < 4.78 is 13.1. The smallest absolute Gasteiger partial charge is 0.407 e. The Bertz CT molecular complexity index is 862. The maximum absolute atomic E-state index is 13.1. The zero-order valence-corrected chi connectivity index (χ0v) is 19.0. The topological polar surface area (TPSA) is 47.0 Å². The average molecular weight is 428 g/mol. The number of anilines is 1. The molecule has 2 aromatic rings. The van der Waals surface area contributed by atoms with Crippen LogP contribution in [-0.4, -0.2) is 60.3 Å². The molecule has 1 aliphatic heterocycles. The van der Waals surface area contributed by atoms with Gasteiger partial charge in [-0.25, -0.2) is 9.18 Å². The number of hydrogen-bond donors (Lipinski definition) is 1. The highest BCUT2D eigenvalue weighted by molar-refractivity contribution is 5.65. The van der Waals surface area contributed by atoms with Crippen molar-refractivity contribution in [3.05, 3.63) is 65.5 Å². The zero-order chi connectivity index (χ0) is 22.6. The lowest BCUT2D eigenvalue weighted by atomic mass is 9.84. The molecule has 1 aliphatic rings. The van der Waals surface area contributed by atoms with Crippen molar-refractivity contribution in [2.75, 3.05) is 38.1 Å². The molecule has 168 valence electrons. The molecule has 1 unspecified atom stereocenters. The van der Waals surface area contributed by atoms with Crippen molar-refractivity contribution in [2.24, 2.45) is 5.41 Å². The van der Waals surface area contributed by atoms with Crippen molar-refractivity contribution in [2.45, 2.75) is 39.8 Å². The van der Waals surface area contributed by atoms with Gasteiger partial charge in [-0.3, -0.25) is 4.90 Å². The largest absolute Gasteiger partial charge is 0.465 e. The minimum atomic E-state index is -0.825. The Hall–Kier alpha value is -2.60. The molecule has 1 N–H and O–H groups in total. The van der Waals surface area contributed by atoms with Gasteiger partial charge in [0.25, 0.3) is 0 Å². The normalized spacial score (nSPS) is 17.6. The minimum Gasteiger partial charge on any atom is -0.465 e. The van der Waals surface area contributed by atoms with Crippen molar-refractivity contribution >= 4 is 11.8 Å². The van der Waals surface area contributed by atoms with Crippen LogP contribution in [0.15, 0.2) is 48.5 Å². The van der Waals surface area contributed by atoms with Crippen LogP contribution in [0, 0.1) is 11.2 Å². The van der Waals surface area contributed by atoms with Crippen LogP contribution in [-0.2, 0) is 13.0 Å². The van der Waals surface area contributed by atoms with Crippen LogP contribution in [0.5, 0.6) is 0 Å². The number of carboxylic acid groups (broad SMARTS) is 1. The van der Waals surface area contributed by atoms with Crippen LogP contribution in [0.4, 0.5) is 14.9 Å². The second kappa shape index (κ2) is 9.69. The molecule has 1 amide bonds. The summed E-state index contributed by atoms with van der Waals surface area (Å²) in [4.78, 5) is 17.7. The maximum atomic E-state index is 13.1. The van der Waals surface area contributed by atoms with E-state index in [0.29, 0.717) is 6.54 Å². The van der Waals surface area contributed by atoms with Gasteiger partial charge in [-0.1, -0.05) is 45.0 Å². The van der Waals surface area contributed by atoms with Gasteiger partial charge in [-0.05, 0) is 47.2 Å². The lowest BCUT2D eigenvalue weighted by Crippen LogP contribution is -2.59. The number of nitrogens with zero attached hydrogens (tertiary/aromatic N) is 3. The Morgan fingerprint density at radius 1 is 1.06 bits per heavy atom.